The van der Waals surface area contributed by atoms with E-state index in [4.69, 9.17) is 11.6 Å². The highest BCUT2D eigenvalue weighted by atomic mass is 35.5. The van der Waals surface area contributed by atoms with Crippen molar-refractivity contribution in [1.82, 2.24) is 0 Å². The highest BCUT2D eigenvalue weighted by molar-refractivity contribution is 7.92. The zero-order valence-corrected chi connectivity index (χ0v) is 16.5. The number of benzene rings is 2. The van der Waals surface area contributed by atoms with E-state index in [1.165, 1.54) is 50.4 Å². The fourth-order valence-corrected chi connectivity index (χ4v) is 3.75. The Hall–Kier alpha value is -2.58. The minimum absolute atomic E-state index is 0.325. The second kappa shape index (κ2) is 8.41. The van der Waals surface area contributed by atoms with Crippen molar-refractivity contribution in [2.75, 3.05) is 23.0 Å². The summed E-state index contributed by atoms with van der Waals surface area (Å²) in [5, 5.41) is 3.09. The lowest BCUT2D eigenvalue weighted by Gasteiger charge is -2.28. The molecule has 0 bridgehead atoms. The smallest absolute Gasteiger partial charge is 0.337 e. The lowest BCUT2D eigenvalue weighted by Crippen LogP contribution is -2.45. The van der Waals surface area contributed by atoms with Crippen LogP contribution in [0.25, 0.3) is 0 Å². The third-order valence-corrected chi connectivity index (χ3v) is 5.24. The normalized spacial score (nSPS) is 12.1. The molecule has 144 valence electrons. The molecule has 0 saturated heterocycles. The van der Waals surface area contributed by atoms with Crippen LogP contribution in [0.2, 0.25) is 5.02 Å². The molecule has 0 aromatic heterocycles. The maximum absolute atomic E-state index is 12.6. The number of anilines is 2. The van der Waals surface area contributed by atoms with Crippen LogP contribution in [0.3, 0.4) is 0 Å². The van der Waals surface area contributed by atoms with Crippen LogP contribution >= 0.6 is 11.6 Å². The average molecular weight is 411 g/mol. The van der Waals surface area contributed by atoms with E-state index in [-0.39, 0.29) is 0 Å². The Bertz CT molecular complexity index is 927. The molecule has 0 radical (unpaired) electrons. The van der Waals surface area contributed by atoms with Gasteiger partial charge in [-0.15, -0.1) is 0 Å². The van der Waals surface area contributed by atoms with Gasteiger partial charge in [-0.2, -0.15) is 0 Å². The summed E-state index contributed by atoms with van der Waals surface area (Å²) in [4.78, 5) is 24.0. The topological polar surface area (TPSA) is 92.8 Å². The van der Waals surface area contributed by atoms with Crippen molar-refractivity contribution in [3.8, 4) is 0 Å². The predicted octanol–water partition coefficient (Wildman–Crippen LogP) is 2.92. The van der Waals surface area contributed by atoms with Crippen molar-refractivity contribution in [2.24, 2.45) is 0 Å². The minimum atomic E-state index is -3.72. The van der Waals surface area contributed by atoms with Crippen LogP contribution in [0.4, 0.5) is 11.4 Å². The molecule has 0 saturated carbocycles. The van der Waals surface area contributed by atoms with E-state index in [9.17, 15) is 18.0 Å². The Morgan fingerprint density at radius 3 is 2.11 bits per heavy atom. The van der Waals surface area contributed by atoms with E-state index in [1.54, 1.807) is 12.1 Å². The number of methoxy groups -OCH3 is 1. The number of halogens is 1. The maximum atomic E-state index is 12.6. The maximum Gasteiger partial charge on any atom is 0.337 e. The quantitative estimate of drug-likeness (QED) is 0.739. The molecule has 0 aliphatic carbocycles. The van der Waals surface area contributed by atoms with Gasteiger partial charge in [0.2, 0.25) is 15.9 Å². The zero-order chi connectivity index (χ0) is 20.2. The molecule has 1 amide bonds. The molecule has 0 fully saturated rings. The highest BCUT2D eigenvalue weighted by Gasteiger charge is 2.29. The molecule has 0 spiro atoms. The molecule has 27 heavy (non-hydrogen) atoms. The van der Waals surface area contributed by atoms with Gasteiger partial charge >= 0.3 is 5.97 Å². The summed E-state index contributed by atoms with van der Waals surface area (Å²) in [5.74, 6) is -1.02. The van der Waals surface area contributed by atoms with E-state index < -0.39 is 27.9 Å². The predicted molar refractivity (Wildman–Crippen MR) is 105 cm³/mol. The Morgan fingerprint density at radius 2 is 1.63 bits per heavy atom. The number of nitrogens with one attached hydrogen (secondary N) is 1. The van der Waals surface area contributed by atoms with Gasteiger partial charge in [0, 0.05) is 10.7 Å². The van der Waals surface area contributed by atoms with Gasteiger partial charge in [-0.25, -0.2) is 13.2 Å². The van der Waals surface area contributed by atoms with E-state index in [2.05, 4.69) is 10.1 Å². The largest absolute Gasteiger partial charge is 0.465 e. The number of sulfonamides is 1. The van der Waals surface area contributed by atoms with Crippen LogP contribution in [0.5, 0.6) is 0 Å². The second-order valence-corrected chi connectivity index (χ2v) is 8.07. The van der Waals surface area contributed by atoms with Crippen molar-refractivity contribution in [1.29, 1.82) is 0 Å². The van der Waals surface area contributed by atoms with Crippen molar-refractivity contribution >= 4 is 44.9 Å². The molecule has 1 atom stereocenters. The summed E-state index contributed by atoms with van der Waals surface area (Å²) in [5.41, 5.74) is 1.08. The number of nitrogens with zero attached hydrogens (tertiary/aromatic N) is 1. The van der Waals surface area contributed by atoms with Crippen LogP contribution in [0.1, 0.15) is 17.3 Å². The monoisotopic (exact) mass is 410 g/mol. The van der Waals surface area contributed by atoms with Gasteiger partial charge in [0.1, 0.15) is 6.04 Å². The van der Waals surface area contributed by atoms with Crippen molar-refractivity contribution in [3.63, 3.8) is 0 Å². The third-order valence-electron chi connectivity index (χ3n) is 3.74. The van der Waals surface area contributed by atoms with Crippen LogP contribution in [0, 0.1) is 0 Å². The Balaban J connectivity index is 2.22. The lowest BCUT2D eigenvalue weighted by atomic mass is 10.2. The van der Waals surface area contributed by atoms with Gasteiger partial charge in [-0.3, -0.25) is 9.10 Å². The molecule has 2 rings (SSSR count). The van der Waals surface area contributed by atoms with Crippen LogP contribution in [-0.4, -0.2) is 39.7 Å². The minimum Gasteiger partial charge on any atom is -0.465 e. The number of rotatable bonds is 6. The first-order valence-electron chi connectivity index (χ1n) is 7.87. The van der Waals surface area contributed by atoms with E-state index in [1.807, 2.05) is 0 Å². The van der Waals surface area contributed by atoms with E-state index in [0.717, 1.165) is 10.6 Å². The molecule has 2 aromatic rings. The molecule has 0 unspecified atom stereocenters. The summed E-state index contributed by atoms with van der Waals surface area (Å²) >= 11 is 5.85. The molecular weight excluding hydrogens is 392 g/mol. The van der Waals surface area contributed by atoms with Crippen LogP contribution < -0.4 is 9.62 Å². The molecule has 7 nitrogen and oxygen atoms in total. The van der Waals surface area contributed by atoms with E-state index >= 15 is 0 Å². The van der Waals surface area contributed by atoms with Gasteiger partial charge in [0.15, 0.2) is 0 Å². The Kier molecular flexibility index (Phi) is 6.45. The average Bonchev–Trinajstić information content (AvgIpc) is 2.62. The van der Waals surface area contributed by atoms with Crippen LogP contribution in [-0.2, 0) is 19.6 Å². The second-order valence-electron chi connectivity index (χ2n) is 5.77. The fraction of sp³-hybridized carbons (Fsp3) is 0.222. The molecule has 9 heteroatoms. The van der Waals surface area contributed by atoms with Gasteiger partial charge in [-0.1, -0.05) is 11.6 Å². The molecular formula is C18H19ClN2O5S. The zero-order valence-electron chi connectivity index (χ0n) is 15.0. The lowest BCUT2D eigenvalue weighted by molar-refractivity contribution is -0.116. The van der Waals surface area contributed by atoms with Gasteiger partial charge in [0.05, 0.1) is 24.6 Å². The fourth-order valence-electron chi connectivity index (χ4n) is 2.45. The number of ether oxygens (including phenoxy) is 1. The van der Waals surface area contributed by atoms with Crippen LogP contribution in [0.15, 0.2) is 48.5 Å². The number of hydrogen-bond acceptors (Lipinski definition) is 5. The molecule has 0 heterocycles. The third kappa shape index (κ3) is 5.21. The first kappa shape index (κ1) is 20.7. The number of esters is 1. The highest BCUT2D eigenvalue weighted by Crippen LogP contribution is 2.23. The van der Waals surface area contributed by atoms with Crippen molar-refractivity contribution in [3.05, 3.63) is 59.1 Å². The summed E-state index contributed by atoms with van der Waals surface area (Å²) in [6.07, 6.45) is 1.02. The standard InChI is InChI=1S/C18H19ClN2O5S/c1-12(21(27(3,24)25)16-10-6-14(19)7-11-16)17(22)20-15-8-4-13(5-9-15)18(23)26-2/h4-12H,1-3H3,(H,20,22)/t12-/m0/s1. The summed E-state index contributed by atoms with van der Waals surface area (Å²) in [6, 6.07) is 11.2. The van der Waals surface area contributed by atoms with Gasteiger partial charge in [-0.05, 0) is 55.5 Å². The number of carbonyl (C=O) groups is 2. The van der Waals surface area contributed by atoms with E-state index in [0.29, 0.717) is 22.0 Å². The first-order valence-corrected chi connectivity index (χ1v) is 10.1. The Labute approximate surface area is 162 Å². The SMILES string of the molecule is COC(=O)c1ccc(NC(=O)[C@H](C)N(c2ccc(Cl)cc2)S(C)(=O)=O)cc1. The summed E-state index contributed by atoms with van der Waals surface area (Å²) in [6.45, 7) is 1.48. The van der Waals surface area contributed by atoms with Gasteiger partial charge < -0.3 is 10.1 Å². The molecule has 0 aliphatic rings. The first-order chi connectivity index (χ1) is 12.6. The van der Waals surface area contributed by atoms with Crippen molar-refractivity contribution in [2.45, 2.75) is 13.0 Å². The number of hydrogen-bond donors (Lipinski definition) is 1. The Morgan fingerprint density at radius 1 is 1.07 bits per heavy atom. The molecule has 0 aliphatic heterocycles. The summed E-state index contributed by atoms with van der Waals surface area (Å²) < 4.78 is 30.1. The molecule has 1 N–H and O–H groups in total. The van der Waals surface area contributed by atoms with Crippen molar-refractivity contribution < 1.29 is 22.7 Å². The number of amides is 1. The van der Waals surface area contributed by atoms with Gasteiger partial charge in [0.25, 0.3) is 0 Å². The number of carbonyl (C=O) groups excluding carboxylic acids is 2. The molecule has 2 aromatic carbocycles. The summed E-state index contributed by atoms with van der Waals surface area (Å²) in [7, 11) is -2.45.